The Hall–Kier alpha value is -1.92. The SMILES string of the molecule is CC(=O)N1CCCCCCCN(CC(=O)NC2CCN(C)CC2)Cc2ccccc21. The third-order valence-corrected chi connectivity index (χ3v) is 6.36. The maximum atomic E-state index is 12.8. The van der Waals surface area contributed by atoms with Crippen LogP contribution in [0.5, 0.6) is 0 Å². The van der Waals surface area contributed by atoms with E-state index in [2.05, 4.69) is 28.2 Å². The summed E-state index contributed by atoms with van der Waals surface area (Å²) in [6, 6.07) is 8.46. The van der Waals surface area contributed by atoms with Gasteiger partial charge < -0.3 is 15.1 Å². The molecular weight excluding hydrogens is 376 g/mol. The first-order valence-corrected chi connectivity index (χ1v) is 11.6. The summed E-state index contributed by atoms with van der Waals surface area (Å²) in [5, 5.41) is 3.25. The van der Waals surface area contributed by atoms with Crippen LogP contribution in [-0.4, -0.2) is 67.4 Å². The van der Waals surface area contributed by atoms with Crippen molar-refractivity contribution >= 4 is 17.5 Å². The second kappa shape index (κ2) is 11.5. The van der Waals surface area contributed by atoms with Crippen LogP contribution in [0.1, 0.15) is 57.4 Å². The average molecular weight is 415 g/mol. The van der Waals surface area contributed by atoms with Gasteiger partial charge in [-0.05, 0) is 64.0 Å². The molecule has 0 saturated carbocycles. The van der Waals surface area contributed by atoms with Crippen LogP contribution in [0.25, 0.3) is 0 Å². The summed E-state index contributed by atoms with van der Waals surface area (Å²) in [5.74, 6) is 0.212. The first-order valence-electron chi connectivity index (χ1n) is 11.6. The minimum atomic E-state index is 0.0890. The number of anilines is 1. The summed E-state index contributed by atoms with van der Waals surface area (Å²) in [5.41, 5.74) is 2.12. The molecule has 2 heterocycles. The van der Waals surface area contributed by atoms with E-state index in [9.17, 15) is 9.59 Å². The van der Waals surface area contributed by atoms with Crippen molar-refractivity contribution in [1.29, 1.82) is 0 Å². The molecule has 0 bridgehead atoms. The molecule has 0 aromatic heterocycles. The Balaban J connectivity index is 1.69. The summed E-state index contributed by atoms with van der Waals surface area (Å²) < 4.78 is 0. The van der Waals surface area contributed by atoms with E-state index in [1.807, 2.05) is 23.1 Å². The monoisotopic (exact) mass is 414 g/mol. The van der Waals surface area contributed by atoms with Crippen molar-refractivity contribution in [1.82, 2.24) is 15.1 Å². The van der Waals surface area contributed by atoms with Crippen LogP contribution >= 0.6 is 0 Å². The topological polar surface area (TPSA) is 55.9 Å². The number of fused-ring (bicyclic) bond motifs is 1. The van der Waals surface area contributed by atoms with Crippen molar-refractivity contribution < 1.29 is 9.59 Å². The van der Waals surface area contributed by atoms with Gasteiger partial charge in [0, 0.05) is 31.7 Å². The number of nitrogens with zero attached hydrogens (tertiary/aromatic N) is 3. The van der Waals surface area contributed by atoms with Crippen molar-refractivity contribution in [2.24, 2.45) is 0 Å². The maximum absolute atomic E-state index is 12.8. The number of carbonyl (C=O) groups is 2. The second-order valence-corrected chi connectivity index (χ2v) is 8.92. The molecule has 2 aliphatic rings. The van der Waals surface area contributed by atoms with Gasteiger partial charge >= 0.3 is 0 Å². The Morgan fingerprint density at radius 1 is 0.967 bits per heavy atom. The summed E-state index contributed by atoms with van der Waals surface area (Å²) in [7, 11) is 2.14. The fourth-order valence-electron chi connectivity index (χ4n) is 4.58. The summed E-state index contributed by atoms with van der Waals surface area (Å²) in [6.07, 6.45) is 7.70. The van der Waals surface area contributed by atoms with Crippen molar-refractivity contribution in [3.63, 3.8) is 0 Å². The summed E-state index contributed by atoms with van der Waals surface area (Å²) in [6.45, 7) is 6.53. The second-order valence-electron chi connectivity index (χ2n) is 8.92. The summed E-state index contributed by atoms with van der Waals surface area (Å²) in [4.78, 5) is 31.6. The number of rotatable bonds is 3. The van der Waals surface area contributed by atoms with Crippen LogP contribution in [0.3, 0.4) is 0 Å². The molecule has 1 aromatic rings. The first-order chi connectivity index (χ1) is 14.5. The van der Waals surface area contributed by atoms with Gasteiger partial charge in [-0.2, -0.15) is 0 Å². The van der Waals surface area contributed by atoms with Crippen LogP contribution < -0.4 is 10.2 Å². The maximum Gasteiger partial charge on any atom is 0.234 e. The minimum Gasteiger partial charge on any atom is -0.352 e. The third-order valence-electron chi connectivity index (χ3n) is 6.36. The van der Waals surface area contributed by atoms with E-state index < -0.39 is 0 Å². The minimum absolute atomic E-state index is 0.0890. The number of piperidine rings is 1. The number of carbonyl (C=O) groups excluding carboxylic acids is 2. The number of hydrogen-bond acceptors (Lipinski definition) is 4. The average Bonchev–Trinajstić information content (AvgIpc) is 2.71. The molecule has 2 aliphatic heterocycles. The Labute approximate surface area is 181 Å². The lowest BCUT2D eigenvalue weighted by Crippen LogP contribution is -2.46. The van der Waals surface area contributed by atoms with Crippen LogP contribution in [-0.2, 0) is 16.1 Å². The van der Waals surface area contributed by atoms with Crippen molar-refractivity contribution in [3.8, 4) is 0 Å². The van der Waals surface area contributed by atoms with Gasteiger partial charge in [0.05, 0.1) is 6.54 Å². The quantitative estimate of drug-likeness (QED) is 0.826. The van der Waals surface area contributed by atoms with E-state index in [1.54, 1.807) is 6.92 Å². The largest absolute Gasteiger partial charge is 0.352 e. The molecule has 1 aromatic carbocycles. The molecule has 1 N–H and O–H groups in total. The van der Waals surface area contributed by atoms with Crippen LogP contribution in [0.2, 0.25) is 0 Å². The van der Waals surface area contributed by atoms with E-state index in [1.165, 1.54) is 12.8 Å². The molecule has 2 amide bonds. The van der Waals surface area contributed by atoms with Gasteiger partial charge in [-0.25, -0.2) is 0 Å². The molecule has 0 radical (unpaired) electrons. The van der Waals surface area contributed by atoms with Crippen molar-refractivity contribution in [2.75, 3.05) is 44.7 Å². The van der Waals surface area contributed by atoms with E-state index in [0.717, 1.165) is 69.5 Å². The molecule has 166 valence electrons. The highest BCUT2D eigenvalue weighted by atomic mass is 16.2. The van der Waals surface area contributed by atoms with Gasteiger partial charge in [-0.3, -0.25) is 14.5 Å². The standard InChI is InChI=1S/C24H38N4O2/c1-20(29)28-15-9-5-3-4-8-14-27(18-21-10-6-7-11-23(21)28)19-24(30)25-22-12-16-26(2)17-13-22/h6-7,10-11,22H,3-5,8-9,12-19H2,1-2H3,(H,25,30). The number of para-hydroxylation sites is 1. The van der Waals surface area contributed by atoms with E-state index in [4.69, 9.17) is 0 Å². The number of amides is 2. The van der Waals surface area contributed by atoms with Crippen LogP contribution in [0, 0.1) is 0 Å². The fraction of sp³-hybridized carbons (Fsp3) is 0.667. The lowest BCUT2D eigenvalue weighted by molar-refractivity contribution is -0.123. The molecule has 0 aliphatic carbocycles. The Kier molecular flexibility index (Phi) is 8.70. The molecule has 30 heavy (non-hydrogen) atoms. The zero-order valence-corrected chi connectivity index (χ0v) is 18.7. The Morgan fingerprint density at radius 3 is 2.37 bits per heavy atom. The molecule has 6 nitrogen and oxygen atoms in total. The normalized spacial score (nSPS) is 20.7. The zero-order chi connectivity index (χ0) is 21.3. The lowest BCUT2D eigenvalue weighted by atomic mass is 10.1. The molecule has 0 spiro atoms. The van der Waals surface area contributed by atoms with Gasteiger partial charge in [0.2, 0.25) is 11.8 Å². The highest BCUT2D eigenvalue weighted by Crippen LogP contribution is 2.24. The third kappa shape index (κ3) is 6.81. The Bertz CT molecular complexity index is 700. The molecule has 6 heteroatoms. The van der Waals surface area contributed by atoms with Gasteiger partial charge in [0.25, 0.3) is 0 Å². The lowest BCUT2D eigenvalue weighted by Gasteiger charge is -2.31. The number of likely N-dealkylation sites (tertiary alicyclic amines) is 1. The molecule has 0 atom stereocenters. The van der Waals surface area contributed by atoms with E-state index in [0.29, 0.717) is 19.1 Å². The molecule has 1 saturated heterocycles. The number of benzene rings is 1. The highest BCUT2D eigenvalue weighted by molar-refractivity contribution is 5.92. The van der Waals surface area contributed by atoms with Gasteiger partial charge in [0.15, 0.2) is 0 Å². The van der Waals surface area contributed by atoms with Crippen LogP contribution in [0.4, 0.5) is 5.69 Å². The van der Waals surface area contributed by atoms with Crippen molar-refractivity contribution in [2.45, 2.75) is 64.5 Å². The van der Waals surface area contributed by atoms with Crippen molar-refractivity contribution in [3.05, 3.63) is 29.8 Å². The molecular formula is C24H38N4O2. The van der Waals surface area contributed by atoms with Gasteiger partial charge in [-0.1, -0.05) is 37.5 Å². The predicted octanol–water partition coefficient (Wildman–Crippen LogP) is 3.02. The van der Waals surface area contributed by atoms with E-state index in [-0.39, 0.29) is 11.8 Å². The molecule has 1 fully saturated rings. The zero-order valence-electron chi connectivity index (χ0n) is 18.7. The van der Waals surface area contributed by atoms with Gasteiger partial charge in [-0.15, -0.1) is 0 Å². The predicted molar refractivity (Wildman–Crippen MR) is 121 cm³/mol. The summed E-state index contributed by atoms with van der Waals surface area (Å²) >= 11 is 0. The highest BCUT2D eigenvalue weighted by Gasteiger charge is 2.21. The van der Waals surface area contributed by atoms with Gasteiger partial charge in [0.1, 0.15) is 0 Å². The number of hydrogen-bond donors (Lipinski definition) is 1. The van der Waals surface area contributed by atoms with Crippen LogP contribution in [0.15, 0.2) is 24.3 Å². The van der Waals surface area contributed by atoms with E-state index >= 15 is 0 Å². The fourth-order valence-corrected chi connectivity index (χ4v) is 4.58. The smallest absolute Gasteiger partial charge is 0.234 e. The number of nitrogens with one attached hydrogen (secondary N) is 1. The first kappa shape index (κ1) is 22.8. The Morgan fingerprint density at radius 2 is 1.63 bits per heavy atom. The molecule has 3 rings (SSSR count). The molecule has 0 unspecified atom stereocenters.